The Bertz CT molecular complexity index is 1390. The van der Waals surface area contributed by atoms with Gasteiger partial charge in [0.1, 0.15) is 5.49 Å². The minimum atomic E-state index is -0.0900. The summed E-state index contributed by atoms with van der Waals surface area (Å²) in [7, 11) is 1.66. The highest BCUT2D eigenvalue weighted by molar-refractivity contribution is 5.70. The summed E-state index contributed by atoms with van der Waals surface area (Å²) in [5, 5.41) is 0. The van der Waals surface area contributed by atoms with E-state index in [1.54, 1.807) is 11.7 Å². The standard InChI is InChI=1S/C28H34N4O3/c1-17-11-18(2)27(19(3)12-17)30-26-15-23-22-14-24(34-4)25(35-16-20-5-6-20)13-21(22)7-9-31(23)28(33)32(26)10-8-29/h11-15,20H,5-10,16,29H2,1-4H3. The summed E-state index contributed by atoms with van der Waals surface area (Å²) in [6, 6.07) is 10.3. The second-order valence-electron chi connectivity index (χ2n) is 9.79. The minimum absolute atomic E-state index is 0.0900. The van der Waals surface area contributed by atoms with Gasteiger partial charge in [-0.05, 0) is 74.8 Å². The predicted molar refractivity (Wildman–Crippen MR) is 138 cm³/mol. The number of aryl methyl sites for hydroxylation is 4. The lowest BCUT2D eigenvalue weighted by Gasteiger charge is -2.25. The second-order valence-corrected chi connectivity index (χ2v) is 9.79. The average molecular weight is 475 g/mol. The summed E-state index contributed by atoms with van der Waals surface area (Å²) in [6.07, 6.45) is 3.22. The molecule has 0 unspecified atom stereocenters. The molecule has 0 spiro atoms. The van der Waals surface area contributed by atoms with Gasteiger partial charge < -0.3 is 15.2 Å². The number of benzene rings is 2. The average Bonchev–Trinajstić information content (AvgIpc) is 3.66. The summed E-state index contributed by atoms with van der Waals surface area (Å²) in [6.45, 7) is 8.29. The first-order valence-electron chi connectivity index (χ1n) is 12.4. The van der Waals surface area contributed by atoms with E-state index in [1.807, 2.05) is 16.7 Å². The maximum atomic E-state index is 13.6. The topological polar surface area (TPSA) is 83.8 Å². The Balaban J connectivity index is 1.69. The SMILES string of the molecule is COc1cc2c(cc1OCC1CC1)CCn1c-2cc(=Nc2c(C)cc(C)cc2C)n(CCN)c1=O. The number of methoxy groups -OCH3 is 1. The molecule has 5 rings (SSSR count). The lowest BCUT2D eigenvalue weighted by molar-refractivity contribution is 0.280. The van der Waals surface area contributed by atoms with Crippen molar-refractivity contribution in [3.8, 4) is 22.8 Å². The lowest BCUT2D eigenvalue weighted by atomic mass is 9.97. The van der Waals surface area contributed by atoms with Crippen LogP contribution in [0, 0.1) is 26.7 Å². The second kappa shape index (κ2) is 9.38. The highest BCUT2D eigenvalue weighted by atomic mass is 16.5. The first kappa shape index (κ1) is 23.4. The molecule has 1 aliphatic heterocycles. The van der Waals surface area contributed by atoms with Gasteiger partial charge in [-0.1, -0.05) is 17.7 Å². The molecule has 2 aliphatic rings. The quantitative estimate of drug-likeness (QED) is 0.565. The predicted octanol–water partition coefficient (Wildman–Crippen LogP) is 3.79. The highest BCUT2D eigenvalue weighted by Crippen LogP contribution is 2.39. The number of nitrogens with zero attached hydrogens (tertiary/aromatic N) is 3. The number of aromatic nitrogens is 2. The van der Waals surface area contributed by atoms with Crippen molar-refractivity contribution in [3.05, 3.63) is 68.6 Å². The zero-order valence-electron chi connectivity index (χ0n) is 21.1. The van der Waals surface area contributed by atoms with Gasteiger partial charge in [-0.15, -0.1) is 0 Å². The highest BCUT2D eigenvalue weighted by Gasteiger charge is 2.25. The molecule has 1 fully saturated rings. The number of hydrogen-bond donors (Lipinski definition) is 1. The molecule has 1 aliphatic carbocycles. The molecular formula is C28H34N4O3. The van der Waals surface area contributed by atoms with E-state index in [0.29, 0.717) is 36.8 Å². The summed E-state index contributed by atoms with van der Waals surface area (Å²) in [4.78, 5) is 18.6. The van der Waals surface area contributed by atoms with Crippen molar-refractivity contribution in [2.24, 2.45) is 16.6 Å². The molecule has 3 aromatic rings. The summed E-state index contributed by atoms with van der Waals surface area (Å²) in [5.74, 6) is 2.12. The molecule has 7 nitrogen and oxygen atoms in total. The summed E-state index contributed by atoms with van der Waals surface area (Å²) >= 11 is 0. The molecular weight excluding hydrogens is 440 g/mol. The van der Waals surface area contributed by atoms with E-state index < -0.39 is 0 Å². The van der Waals surface area contributed by atoms with Gasteiger partial charge in [0, 0.05) is 31.3 Å². The van der Waals surface area contributed by atoms with Crippen molar-refractivity contribution in [1.29, 1.82) is 0 Å². The van der Waals surface area contributed by atoms with Crippen LogP contribution in [0.3, 0.4) is 0 Å². The first-order chi connectivity index (χ1) is 16.9. The Morgan fingerprint density at radius 2 is 1.80 bits per heavy atom. The zero-order valence-corrected chi connectivity index (χ0v) is 21.1. The van der Waals surface area contributed by atoms with Crippen LogP contribution in [0.4, 0.5) is 5.69 Å². The van der Waals surface area contributed by atoms with Crippen LogP contribution in [-0.2, 0) is 19.5 Å². The van der Waals surface area contributed by atoms with Gasteiger partial charge in [0.15, 0.2) is 11.5 Å². The summed E-state index contributed by atoms with van der Waals surface area (Å²) in [5.41, 5.74) is 13.6. The molecule has 184 valence electrons. The van der Waals surface area contributed by atoms with Gasteiger partial charge in [0.05, 0.1) is 25.1 Å². The maximum absolute atomic E-state index is 13.6. The number of hydrogen-bond acceptors (Lipinski definition) is 5. The van der Waals surface area contributed by atoms with E-state index in [0.717, 1.165) is 52.4 Å². The van der Waals surface area contributed by atoms with Crippen LogP contribution in [0.5, 0.6) is 11.5 Å². The van der Waals surface area contributed by atoms with Crippen molar-refractivity contribution in [2.45, 2.75) is 53.1 Å². The third-order valence-electron chi connectivity index (χ3n) is 6.95. The van der Waals surface area contributed by atoms with E-state index >= 15 is 0 Å². The minimum Gasteiger partial charge on any atom is -0.493 e. The van der Waals surface area contributed by atoms with E-state index in [2.05, 4.69) is 39.0 Å². The lowest BCUT2D eigenvalue weighted by Crippen LogP contribution is -2.43. The smallest absolute Gasteiger partial charge is 0.330 e. The maximum Gasteiger partial charge on any atom is 0.330 e. The van der Waals surface area contributed by atoms with Crippen LogP contribution in [0.2, 0.25) is 0 Å². The number of rotatable bonds is 7. The zero-order chi connectivity index (χ0) is 24.7. The fraction of sp³-hybridized carbons (Fsp3) is 0.429. The Labute approximate surface area is 205 Å². The van der Waals surface area contributed by atoms with Crippen molar-refractivity contribution >= 4 is 5.69 Å². The molecule has 2 N–H and O–H groups in total. The van der Waals surface area contributed by atoms with Crippen LogP contribution in [-0.4, -0.2) is 29.4 Å². The van der Waals surface area contributed by atoms with Gasteiger partial charge in [0.25, 0.3) is 0 Å². The Hall–Kier alpha value is -3.32. The van der Waals surface area contributed by atoms with Crippen LogP contribution >= 0.6 is 0 Å². The third-order valence-corrected chi connectivity index (χ3v) is 6.95. The van der Waals surface area contributed by atoms with Crippen LogP contribution in [0.25, 0.3) is 11.3 Å². The third kappa shape index (κ3) is 4.52. The molecule has 35 heavy (non-hydrogen) atoms. The molecule has 0 amide bonds. The van der Waals surface area contributed by atoms with E-state index in [1.165, 1.54) is 18.4 Å². The van der Waals surface area contributed by atoms with Gasteiger partial charge in [-0.2, -0.15) is 0 Å². The number of fused-ring (bicyclic) bond motifs is 3. The number of nitrogens with two attached hydrogens (primary N) is 1. The van der Waals surface area contributed by atoms with Crippen LogP contribution < -0.4 is 26.4 Å². The van der Waals surface area contributed by atoms with Crippen molar-refractivity contribution < 1.29 is 9.47 Å². The van der Waals surface area contributed by atoms with Gasteiger partial charge >= 0.3 is 5.69 Å². The monoisotopic (exact) mass is 474 g/mol. The molecule has 1 aromatic heterocycles. The van der Waals surface area contributed by atoms with E-state index in [4.69, 9.17) is 20.2 Å². The molecule has 7 heteroatoms. The molecule has 0 atom stereocenters. The molecule has 0 bridgehead atoms. The fourth-order valence-electron chi connectivity index (χ4n) is 5.00. The van der Waals surface area contributed by atoms with Gasteiger partial charge in [0.2, 0.25) is 0 Å². The van der Waals surface area contributed by atoms with Crippen molar-refractivity contribution in [3.63, 3.8) is 0 Å². The van der Waals surface area contributed by atoms with Crippen molar-refractivity contribution in [1.82, 2.24) is 9.13 Å². The Morgan fingerprint density at radius 1 is 1.06 bits per heavy atom. The largest absolute Gasteiger partial charge is 0.493 e. The van der Waals surface area contributed by atoms with Gasteiger partial charge in [-0.25, -0.2) is 9.79 Å². The molecule has 0 saturated heterocycles. The normalized spacial score (nSPS) is 15.1. The van der Waals surface area contributed by atoms with Crippen LogP contribution in [0.1, 0.15) is 35.1 Å². The molecule has 0 radical (unpaired) electrons. The van der Waals surface area contributed by atoms with Gasteiger partial charge in [-0.3, -0.25) is 9.13 Å². The summed E-state index contributed by atoms with van der Waals surface area (Å²) < 4.78 is 15.3. The van der Waals surface area contributed by atoms with Crippen molar-refractivity contribution in [2.75, 3.05) is 20.3 Å². The fourth-order valence-corrected chi connectivity index (χ4v) is 5.00. The molecule has 2 heterocycles. The number of ether oxygens (including phenoxy) is 2. The molecule has 2 aromatic carbocycles. The van der Waals surface area contributed by atoms with E-state index in [-0.39, 0.29) is 5.69 Å². The van der Waals surface area contributed by atoms with E-state index in [9.17, 15) is 4.79 Å². The Kier molecular flexibility index (Phi) is 6.28. The first-order valence-corrected chi connectivity index (χ1v) is 12.4. The van der Waals surface area contributed by atoms with Crippen LogP contribution in [0.15, 0.2) is 40.1 Å². The molecule has 1 saturated carbocycles. The Morgan fingerprint density at radius 3 is 2.46 bits per heavy atom.